The van der Waals surface area contributed by atoms with E-state index in [1.54, 1.807) is 19.2 Å². The zero-order valence-electron chi connectivity index (χ0n) is 12.7. The molecule has 1 saturated carbocycles. The molecule has 0 unspecified atom stereocenters. The number of carbonyl (C=O) groups is 2. The molecule has 0 saturated heterocycles. The second kappa shape index (κ2) is 7.89. The van der Waals surface area contributed by atoms with Crippen molar-refractivity contribution in [1.82, 2.24) is 10.6 Å². The van der Waals surface area contributed by atoms with Gasteiger partial charge in [0.15, 0.2) is 0 Å². The van der Waals surface area contributed by atoms with Crippen LogP contribution in [0.3, 0.4) is 0 Å². The molecule has 1 aromatic carbocycles. The predicted molar refractivity (Wildman–Crippen MR) is 82.8 cm³/mol. The van der Waals surface area contributed by atoms with Crippen molar-refractivity contribution >= 4 is 17.5 Å². The van der Waals surface area contributed by atoms with Crippen LogP contribution in [0.15, 0.2) is 24.3 Å². The Labute approximate surface area is 129 Å². The van der Waals surface area contributed by atoms with Gasteiger partial charge in [0.05, 0.1) is 18.2 Å². The summed E-state index contributed by atoms with van der Waals surface area (Å²) in [5, 5.41) is 8.33. The SMILES string of the molecule is CNC(=O)[C@@H]1CCCC[C@H]1NCC(=O)Nc1ccccc1F. The van der Waals surface area contributed by atoms with Crippen LogP contribution in [-0.2, 0) is 9.59 Å². The van der Waals surface area contributed by atoms with E-state index in [-0.39, 0.29) is 36.0 Å². The van der Waals surface area contributed by atoms with Gasteiger partial charge in [-0.3, -0.25) is 9.59 Å². The van der Waals surface area contributed by atoms with Crippen LogP contribution in [0.25, 0.3) is 0 Å². The Morgan fingerprint density at radius 3 is 2.68 bits per heavy atom. The topological polar surface area (TPSA) is 70.2 Å². The van der Waals surface area contributed by atoms with E-state index in [1.807, 2.05) is 0 Å². The standard InChI is InChI=1S/C16H22FN3O2/c1-18-16(22)11-6-2-4-8-13(11)19-10-15(21)20-14-9-5-3-7-12(14)17/h3,5,7,9,11,13,19H,2,4,6,8,10H2,1H3,(H,18,22)(H,20,21)/t11-,13-/m1/s1. The van der Waals surface area contributed by atoms with Crippen molar-refractivity contribution < 1.29 is 14.0 Å². The van der Waals surface area contributed by atoms with Gasteiger partial charge < -0.3 is 16.0 Å². The number of halogens is 1. The van der Waals surface area contributed by atoms with Crippen molar-refractivity contribution in [2.24, 2.45) is 5.92 Å². The fourth-order valence-electron chi connectivity index (χ4n) is 2.86. The summed E-state index contributed by atoms with van der Waals surface area (Å²) in [6, 6.07) is 6.03. The Balaban J connectivity index is 1.87. The Kier molecular flexibility index (Phi) is 5.89. The summed E-state index contributed by atoms with van der Waals surface area (Å²) in [6.07, 6.45) is 3.76. The molecule has 1 aliphatic carbocycles. The fourth-order valence-corrected chi connectivity index (χ4v) is 2.86. The van der Waals surface area contributed by atoms with Gasteiger partial charge in [-0.1, -0.05) is 25.0 Å². The predicted octanol–water partition coefficient (Wildman–Crippen LogP) is 1.66. The van der Waals surface area contributed by atoms with Crippen molar-refractivity contribution in [2.75, 3.05) is 18.9 Å². The molecule has 0 radical (unpaired) electrons. The van der Waals surface area contributed by atoms with Gasteiger partial charge >= 0.3 is 0 Å². The fraction of sp³-hybridized carbons (Fsp3) is 0.500. The van der Waals surface area contributed by atoms with E-state index in [1.165, 1.54) is 12.1 Å². The van der Waals surface area contributed by atoms with Crippen LogP contribution in [0.2, 0.25) is 0 Å². The smallest absolute Gasteiger partial charge is 0.238 e. The number of carbonyl (C=O) groups excluding carboxylic acids is 2. The molecule has 1 aliphatic rings. The van der Waals surface area contributed by atoms with E-state index in [9.17, 15) is 14.0 Å². The first-order valence-corrected chi connectivity index (χ1v) is 7.61. The van der Waals surface area contributed by atoms with E-state index in [4.69, 9.17) is 0 Å². The van der Waals surface area contributed by atoms with Crippen molar-refractivity contribution in [3.05, 3.63) is 30.1 Å². The second-order valence-corrected chi connectivity index (χ2v) is 5.52. The normalized spacial score (nSPS) is 21.2. The van der Waals surface area contributed by atoms with Crippen molar-refractivity contribution in [3.8, 4) is 0 Å². The molecule has 1 fully saturated rings. The minimum absolute atomic E-state index is 0.00621. The number of hydrogen-bond acceptors (Lipinski definition) is 3. The number of nitrogens with one attached hydrogen (secondary N) is 3. The van der Waals surface area contributed by atoms with Gasteiger partial charge in [-0.05, 0) is 25.0 Å². The zero-order chi connectivity index (χ0) is 15.9. The van der Waals surface area contributed by atoms with E-state index >= 15 is 0 Å². The third kappa shape index (κ3) is 4.27. The molecule has 2 atom stereocenters. The largest absolute Gasteiger partial charge is 0.359 e. The van der Waals surface area contributed by atoms with E-state index in [0.717, 1.165) is 25.7 Å². The van der Waals surface area contributed by atoms with E-state index < -0.39 is 5.82 Å². The maximum atomic E-state index is 13.5. The molecule has 0 spiro atoms. The van der Waals surface area contributed by atoms with Gasteiger partial charge in [0.2, 0.25) is 11.8 Å². The molecule has 0 bridgehead atoms. The third-order valence-corrected chi connectivity index (χ3v) is 4.02. The Morgan fingerprint density at radius 2 is 1.95 bits per heavy atom. The molecule has 0 aromatic heterocycles. The number of anilines is 1. The molecule has 1 aromatic rings. The summed E-state index contributed by atoms with van der Waals surface area (Å²) in [4.78, 5) is 23.8. The molecule has 0 heterocycles. The van der Waals surface area contributed by atoms with Crippen molar-refractivity contribution in [1.29, 1.82) is 0 Å². The van der Waals surface area contributed by atoms with Crippen LogP contribution in [-0.4, -0.2) is 31.4 Å². The lowest BCUT2D eigenvalue weighted by molar-refractivity contribution is -0.126. The van der Waals surface area contributed by atoms with Gasteiger partial charge in [0.25, 0.3) is 0 Å². The molecule has 120 valence electrons. The van der Waals surface area contributed by atoms with Crippen LogP contribution in [0, 0.1) is 11.7 Å². The lowest BCUT2D eigenvalue weighted by Gasteiger charge is -2.30. The molecule has 2 rings (SSSR count). The van der Waals surface area contributed by atoms with Crippen molar-refractivity contribution in [2.45, 2.75) is 31.7 Å². The van der Waals surface area contributed by atoms with Crippen LogP contribution >= 0.6 is 0 Å². The highest BCUT2D eigenvalue weighted by atomic mass is 19.1. The van der Waals surface area contributed by atoms with Crippen LogP contribution in [0.4, 0.5) is 10.1 Å². The molecular formula is C16H22FN3O2. The molecule has 22 heavy (non-hydrogen) atoms. The monoisotopic (exact) mass is 307 g/mol. The first kappa shape index (κ1) is 16.4. The minimum atomic E-state index is -0.461. The van der Waals surface area contributed by atoms with Crippen LogP contribution in [0.5, 0.6) is 0 Å². The summed E-state index contributed by atoms with van der Waals surface area (Å²) >= 11 is 0. The number of hydrogen-bond donors (Lipinski definition) is 3. The maximum Gasteiger partial charge on any atom is 0.238 e. The Hall–Kier alpha value is -1.95. The first-order valence-electron chi connectivity index (χ1n) is 7.61. The lowest BCUT2D eigenvalue weighted by Crippen LogP contribution is -2.47. The van der Waals surface area contributed by atoms with Crippen LogP contribution in [0.1, 0.15) is 25.7 Å². The molecule has 5 nitrogen and oxygen atoms in total. The van der Waals surface area contributed by atoms with Gasteiger partial charge in [0, 0.05) is 13.1 Å². The summed E-state index contributed by atoms with van der Waals surface area (Å²) in [7, 11) is 1.62. The number of para-hydroxylation sites is 1. The zero-order valence-corrected chi connectivity index (χ0v) is 12.7. The van der Waals surface area contributed by atoms with Gasteiger partial charge in [0.1, 0.15) is 5.82 Å². The number of benzene rings is 1. The molecule has 0 aliphatic heterocycles. The quantitative estimate of drug-likeness (QED) is 0.775. The summed E-state index contributed by atoms with van der Waals surface area (Å²) in [5.74, 6) is -0.880. The Bertz CT molecular complexity index is 536. The second-order valence-electron chi connectivity index (χ2n) is 5.52. The Morgan fingerprint density at radius 1 is 1.23 bits per heavy atom. The van der Waals surface area contributed by atoms with E-state index in [0.29, 0.717) is 0 Å². The van der Waals surface area contributed by atoms with Gasteiger partial charge in [-0.2, -0.15) is 0 Å². The highest BCUT2D eigenvalue weighted by molar-refractivity contribution is 5.92. The van der Waals surface area contributed by atoms with Crippen molar-refractivity contribution in [3.63, 3.8) is 0 Å². The maximum absolute atomic E-state index is 13.5. The summed E-state index contributed by atoms with van der Waals surface area (Å²) in [5.41, 5.74) is 0.167. The molecule has 2 amide bonds. The van der Waals surface area contributed by atoms with E-state index in [2.05, 4.69) is 16.0 Å². The lowest BCUT2D eigenvalue weighted by atomic mass is 9.84. The molecule has 3 N–H and O–H groups in total. The third-order valence-electron chi connectivity index (χ3n) is 4.02. The first-order chi connectivity index (χ1) is 10.6. The average Bonchev–Trinajstić information content (AvgIpc) is 2.54. The van der Waals surface area contributed by atoms with Gasteiger partial charge in [-0.25, -0.2) is 4.39 Å². The summed E-state index contributed by atoms with van der Waals surface area (Å²) < 4.78 is 13.5. The van der Waals surface area contributed by atoms with Gasteiger partial charge in [-0.15, -0.1) is 0 Å². The molecular weight excluding hydrogens is 285 g/mol. The summed E-state index contributed by atoms with van der Waals surface area (Å²) in [6.45, 7) is 0.0620. The number of rotatable bonds is 5. The number of amides is 2. The highest BCUT2D eigenvalue weighted by Gasteiger charge is 2.30. The minimum Gasteiger partial charge on any atom is -0.359 e. The average molecular weight is 307 g/mol. The van der Waals surface area contributed by atoms with Crippen LogP contribution < -0.4 is 16.0 Å². The highest BCUT2D eigenvalue weighted by Crippen LogP contribution is 2.24. The molecule has 6 heteroatoms.